The van der Waals surface area contributed by atoms with Crippen molar-refractivity contribution < 1.29 is 0 Å². The van der Waals surface area contributed by atoms with E-state index in [-0.39, 0.29) is 5.95 Å². The van der Waals surface area contributed by atoms with Crippen LogP contribution in [-0.4, -0.2) is 14.5 Å². The molecule has 6 heteroatoms. The number of nitrogens with two attached hydrogens (primary N) is 1. The average Bonchev–Trinajstić information content (AvgIpc) is 2.19. The van der Waals surface area contributed by atoms with Gasteiger partial charge < -0.3 is 5.73 Å². The highest BCUT2D eigenvalue weighted by molar-refractivity contribution is 6.30. The lowest BCUT2D eigenvalue weighted by molar-refractivity contribution is 0.856. The first-order chi connectivity index (χ1) is 7.99. The third-order valence-corrected chi connectivity index (χ3v) is 2.64. The molecule has 88 valence electrons. The van der Waals surface area contributed by atoms with Gasteiger partial charge in [0.25, 0.3) is 0 Å². The molecule has 2 aromatic rings. The number of halogens is 1. The molecule has 1 aromatic heterocycles. The molecule has 2 N–H and O–H groups in total. The van der Waals surface area contributed by atoms with E-state index in [9.17, 15) is 4.79 Å². The summed E-state index contributed by atoms with van der Waals surface area (Å²) in [6.45, 7) is 3.74. The second-order valence-electron chi connectivity index (χ2n) is 3.76. The lowest BCUT2D eigenvalue weighted by Crippen LogP contribution is -2.24. The van der Waals surface area contributed by atoms with Crippen LogP contribution in [0.5, 0.6) is 0 Å². The number of aryl methyl sites for hydroxylation is 2. The lowest BCUT2D eigenvalue weighted by Gasteiger charge is -2.11. The standard InChI is InChI=1S/C11H11ClN4O/c1-6-3-8(12)4-7(2)9(6)16-5-14-10(13)15-11(16)17/h3-5H,1-2H3,(H2,13,15,17). The maximum absolute atomic E-state index is 11.7. The summed E-state index contributed by atoms with van der Waals surface area (Å²) in [5, 5.41) is 0.633. The van der Waals surface area contributed by atoms with E-state index in [1.54, 1.807) is 12.1 Å². The fourth-order valence-electron chi connectivity index (χ4n) is 1.78. The lowest BCUT2D eigenvalue weighted by atomic mass is 10.1. The molecule has 0 fully saturated rings. The molecule has 0 radical (unpaired) electrons. The van der Waals surface area contributed by atoms with Gasteiger partial charge in [0.15, 0.2) is 0 Å². The molecule has 17 heavy (non-hydrogen) atoms. The number of benzene rings is 1. The second kappa shape index (κ2) is 4.18. The van der Waals surface area contributed by atoms with Gasteiger partial charge in [-0.2, -0.15) is 4.98 Å². The van der Waals surface area contributed by atoms with Crippen LogP contribution >= 0.6 is 11.6 Å². The number of hydrogen-bond acceptors (Lipinski definition) is 4. The molecule has 0 aliphatic heterocycles. The Morgan fingerprint density at radius 3 is 2.41 bits per heavy atom. The van der Waals surface area contributed by atoms with Crippen molar-refractivity contribution in [2.45, 2.75) is 13.8 Å². The van der Waals surface area contributed by atoms with E-state index < -0.39 is 5.69 Å². The van der Waals surface area contributed by atoms with Crippen molar-refractivity contribution in [3.05, 3.63) is 45.1 Å². The topological polar surface area (TPSA) is 73.8 Å². The van der Waals surface area contributed by atoms with Crippen LogP contribution in [0.2, 0.25) is 5.02 Å². The van der Waals surface area contributed by atoms with E-state index in [4.69, 9.17) is 17.3 Å². The fourth-order valence-corrected chi connectivity index (χ4v) is 2.11. The molecule has 0 aliphatic rings. The van der Waals surface area contributed by atoms with Gasteiger partial charge in [0, 0.05) is 5.02 Å². The van der Waals surface area contributed by atoms with Gasteiger partial charge >= 0.3 is 5.69 Å². The van der Waals surface area contributed by atoms with Gasteiger partial charge in [0.05, 0.1) is 5.69 Å². The van der Waals surface area contributed by atoms with Crippen LogP contribution in [0.15, 0.2) is 23.3 Å². The quantitative estimate of drug-likeness (QED) is 0.832. The predicted octanol–water partition coefficient (Wildman–Crippen LogP) is 1.48. The highest BCUT2D eigenvalue weighted by Gasteiger charge is 2.09. The van der Waals surface area contributed by atoms with Gasteiger partial charge in [-0.1, -0.05) is 11.6 Å². The second-order valence-corrected chi connectivity index (χ2v) is 4.19. The summed E-state index contributed by atoms with van der Waals surface area (Å²) < 4.78 is 1.36. The van der Waals surface area contributed by atoms with Crippen molar-refractivity contribution in [1.29, 1.82) is 0 Å². The Hall–Kier alpha value is -1.88. The van der Waals surface area contributed by atoms with Crippen LogP contribution in [0, 0.1) is 13.8 Å². The van der Waals surface area contributed by atoms with Gasteiger partial charge in [-0.15, -0.1) is 0 Å². The Morgan fingerprint density at radius 1 is 1.29 bits per heavy atom. The number of hydrogen-bond donors (Lipinski definition) is 1. The van der Waals surface area contributed by atoms with E-state index >= 15 is 0 Å². The number of anilines is 1. The molecule has 0 unspecified atom stereocenters. The summed E-state index contributed by atoms with van der Waals surface area (Å²) in [6, 6.07) is 3.57. The van der Waals surface area contributed by atoms with Gasteiger partial charge in [0.1, 0.15) is 6.33 Å². The van der Waals surface area contributed by atoms with E-state index in [1.165, 1.54) is 10.9 Å². The third-order valence-electron chi connectivity index (χ3n) is 2.42. The minimum atomic E-state index is -0.453. The molecular weight excluding hydrogens is 240 g/mol. The van der Waals surface area contributed by atoms with Crippen LogP contribution in [0.4, 0.5) is 5.95 Å². The molecule has 0 atom stereocenters. The molecule has 0 aliphatic carbocycles. The summed E-state index contributed by atoms with van der Waals surface area (Å²) in [4.78, 5) is 19.1. The largest absolute Gasteiger partial charge is 0.368 e. The normalized spacial score (nSPS) is 10.5. The van der Waals surface area contributed by atoms with Crippen LogP contribution in [0.1, 0.15) is 11.1 Å². The number of nitrogen functional groups attached to an aromatic ring is 1. The van der Waals surface area contributed by atoms with Crippen LogP contribution < -0.4 is 11.4 Å². The highest BCUT2D eigenvalue weighted by Crippen LogP contribution is 2.22. The van der Waals surface area contributed by atoms with Gasteiger partial charge in [0.2, 0.25) is 5.95 Å². The maximum Gasteiger partial charge on any atom is 0.356 e. The molecule has 1 heterocycles. The minimum absolute atomic E-state index is 0.0319. The monoisotopic (exact) mass is 250 g/mol. The molecule has 0 saturated heterocycles. The molecular formula is C11H11ClN4O. The van der Waals surface area contributed by atoms with Crippen molar-refractivity contribution in [1.82, 2.24) is 14.5 Å². The summed E-state index contributed by atoms with van der Waals surface area (Å²) >= 11 is 5.94. The number of nitrogens with zero attached hydrogens (tertiary/aromatic N) is 3. The average molecular weight is 251 g/mol. The smallest absolute Gasteiger partial charge is 0.356 e. The third kappa shape index (κ3) is 2.14. The Bertz CT molecular complexity index is 613. The van der Waals surface area contributed by atoms with Crippen molar-refractivity contribution in [3.8, 4) is 5.69 Å². The van der Waals surface area contributed by atoms with Crippen molar-refractivity contribution in [3.63, 3.8) is 0 Å². The van der Waals surface area contributed by atoms with E-state index in [1.807, 2.05) is 13.8 Å². The summed E-state index contributed by atoms with van der Waals surface area (Å²) in [7, 11) is 0. The van der Waals surface area contributed by atoms with Crippen LogP contribution in [0.3, 0.4) is 0 Å². The van der Waals surface area contributed by atoms with Gasteiger partial charge in [-0.3, -0.25) is 4.57 Å². The SMILES string of the molecule is Cc1cc(Cl)cc(C)c1-n1cnc(N)nc1=O. The molecule has 0 spiro atoms. The molecule has 0 bridgehead atoms. The Morgan fingerprint density at radius 2 is 1.88 bits per heavy atom. The van der Waals surface area contributed by atoms with E-state index in [2.05, 4.69) is 9.97 Å². The first kappa shape index (κ1) is 11.6. The van der Waals surface area contributed by atoms with E-state index in [0.717, 1.165) is 16.8 Å². The Balaban J connectivity index is 2.73. The van der Waals surface area contributed by atoms with Crippen LogP contribution in [-0.2, 0) is 0 Å². The fraction of sp³-hybridized carbons (Fsp3) is 0.182. The van der Waals surface area contributed by atoms with Crippen LogP contribution in [0.25, 0.3) is 5.69 Å². The summed E-state index contributed by atoms with van der Waals surface area (Å²) in [6.07, 6.45) is 1.37. The molecule has 1 aromatic carbocycles. The Labute approximate surface area is 103 Å². The number of rotatable bonds is 1. The molecule has 2 rings (SSSR count). The molecule has 0 amide bonds. The first-order valence-corrected chi connectivity index (χ1v) is 5.35. The van der Waals surface area contributed by atoms with Gasteiger partial charge in [-0.05, 0) is 37.1 Å². The van der Waals surface area contributed by atoms with Crippen molar-refractivity contribution in [2.75, 3.05) is 5.73 Å². The maximum atomic E-state index is 11.7. The zero-order valence-corrected chi connectivity index (χ0v) is 10.2. The first-order valence-electron chi connectivity index (χ1n) is 4.97. The number of aromatic nitrogens is 3. The predicted molar refractivity (Wildman–Crippen MR) is 66.5 cm³/mol. The minimum Gasteiger partial charge on any atom is -0.368 e. The molecule has 5 nitrogen and oxygen atoms in total. The van der Waals surface area contributed by atoms with Crippen molar-refractivity contribution in [2.24, 2.45) is 0 Å². The highest BCUT2D eigenvalue weighted by atomic mass is 35.5. The zero-order chi connectivity index (χ0) is 12.6. The van der Waals surface area contributed by atoms with E-state index in [0.29, 0.717) is 5.02 Å². The molecule has 0 saturated carbocycles. The zero-order valence-electron chi connectivity index (χ0n) is 9.44. The summed E-state index contributed by atoms with van der Waals surface area (Å²) in [5.74, 6) is -0.0319. The van der Waals surface area contributed by atoms with Gasteiger partial charge in [-0.25, -0.2) is 9.78 Å². The Kier molecular flexibility index (Phi) is 2.85. The van der Waals surface area contributed by atoms with Crippen molar-refractivity contribution >= 4 is 17.5 Å². The summed E-state index contributed by atoms with van der Waals surface area (Å²) in [5.41, 5.74) is 7.39.